The zero-order chi connectivity index (χ0) is 14.7. The molecule has 4 heteroatoms. The highest BCUT2D eigenvalue weighted by atomic mass is 16.5. The number of rotatable bonds is 5. The highest BCUT2D eigenvalue weighted by Gasteiger charge is 2.20. The first-order chi connectivity index (χ1) is 10.3. The molecule has 1 aliphatic heterocycles. The molecule has 0 aliphatic carbocycles. The minimum atomic E-state index is 0.333. The zero-order valence-electron chi connectivity index (χ0n) is 12.6. The van der Waals surface area contributed by atoms with E-state index in [1.807, 2.05) is 12.1 Å². The predicted molar refractivity (Wildman–Crippen MR) is 86.5 cm³/mol. The van der Waals surface area contributed by atoms with Gasteiger partial charge in [-0.25, -0.2) is 4.98 Å². The lowest BCUT2D eigenvalue weighted by atomic mass is 10.1. The van der Waals surface area contributed by atoms with E-state index in [-0.39, 0.29) is 0 Å². The number of para-hydroxylation sites is 1. The average molecular weight is 285 g/mol. The first kappa shape index (κ1) is 14.3. The fraction of sp³-hybridized carbons (Fsp3) is 0.471. The molecule has 2 aromatic rings. The van der Waals surface area contributed by atoms with Gasteiger partial charge in [0.05, 0.1) is 11.6 Å². The molecule has 112 valence electrons. The number of likely N-dealkylation sites (N-methyl/N-ethyl adjacent to an activating group) is 1. The third kappa shape index (κ3) is 3.01. The van der Waals surface area contributed by atoms with Crippen molar-refractivity contribution in [2.45, 2.75) is 32.4 Å². The fourth-order valence-corrected chi connectivity index (χ4v) is 2.98. The van der Waals surface area contributed by atoms with Crippen LogP contribution in [0.2, 0.25) is 0 Å². The van der Waals surface area contributed by atoms with Crippen molar-refractivity contribution in [2.75, 3.05) is 24.6 Å². The number of anilines is 1. The normalized spacial score (nSPS) is 18.3. The van der Waals surface area contributed by atoms with Crippen molar-refractivity contribution in [3.63, 3.8) is 0 Å². The Morgan fingerprint density at radius 3 is 2.95 bits per heavy atom. The van der Waals surface area contributed by atoms with Gasteiger partial charge in [0, 0.05) is 31.6 Å². The zero-order valence-corrected chi connectivity index (χ0v) is 12.6. The van der Waals surface area contributed by atoms with Gasteiger partial charge in [-0.1, -0.05) is 18.2 Å². The summed E-state index contributed by atoms with van der Waals surface area (Å²) in [7, 11) is 0. The average Bonchev–Trinajstić information content (AvgIpc) is 3.04. The summed E-state index contributed by atoms with van der Waals surface area (Å²) in [5, 5.41) is 1.15. The third-order valence-electron chi connectivity index (χ3n) is 4.16. The number of pyridine rings is 1. The van der Waals surface area contributed by atoms with Gasteiger partial charge in [0.2, 0.25) is 0 Å². The van der Waals surface area contributed by atoms with Crippen LogP contribution in [0.4, 0.5) is 5.82 Å². The second-order valence-corrected chi connectivity index (χ2v) is 5.53. The number of hydrogen-bond donors (Lipinski definition) is 1. The van der Waals surface area contributed by atoms with E-state index in [0.717, 1.165) is 48.4 Å². The number of nitrogens with zero attached hydrogens (tertiary/aromatic N) is 2. The van der Waals surface area contributed by atoms with Gasteiger partial charge in [0.25, 0.3) is 0 Å². The van der Waals surface area contributed by atoms with Crippen LogP contribution in [0.5, 0.6) is 0 Å². The Bertz CT molecular complexity index is 608. The van der Waals surface area contributed by atoms with Crippen LogP contribution >= 0.6 is 0 Å². The summed E-state index contributed by atoms with van der Waals surface area (Å²) in [5.41, 5.74) is 8.09. The largest absolute Gasteiger partial charge is 0.376 e. The van der Waals surface area contributed by atoms with Crippen LogP contribution in [0.15, 0.2) is 30.3 Å². The number of aromatic nitrogens is 1. The van der Waals surface area contributed by atoms with Gasteiger partial charge in [-0.05, 0) is 37.5 Å². The molecular formula is C17H23N3O. The van der Waals surface area contributed by atoms with E-state index >= 15 is 0 Å². The molecular weight excluding hydrogens is 262 g/mol. The number of hydrogen-bond acceptors (Lipinski definition) is 4. The topological polar surface area (TPSA) is 51.4 Å². The van der Waals surface area contributed by atoms with Crippen LogP contribution in [0.25, 0.3) is 10.9 Å². The maximum atomic E-state index is 5.92. The fourth-order valence-electron chi connectivity index (χ4n) is 2.98. The lowest BCUT2D eigenvalue weighted by molar-refractivity contribution is 0.115. The molecule has 1 saturated heterocycles. The molecule has 21 heavy (non-hydrogen) atoms. The van der Waals surface area contributed by atoms with Crippen LogP contribution in [0.3, 0.4) is 0 Å². The first-order valence-corrected chi connectivity index (χ1v) is 7.77. The maximum absolute atomic E-state index is 5.92. The minimum Gasteiger partial charge on any atom is -0.376 e. The van der Waals surface area contributed by atoms with Gasteiger partial charge in [0.1, 0.15) is 5.82 Å². The number of benzene rings is 1. The third-order valence-corrected chi connectivity index (χ3v) is 4.16. The molecule has 2 N–H and O–H groups in total. The Labute approximate surface area is 125 Å². The highest BCUT2D eigenvalue weighted by molar-refractivity contribution is 5.84. The molecule has 1 aromatic heterocycles. The van der Waals surface area contributed by atoms with Crippen molar-refractivity contribution < 1.29 is 4.74 Å². The Morgan fingerprint density at radius 1 is 1.38 bits per heavy atom. The van der Waals surface area contributed by atoms with Crippen molar-refractivity contribution in [2.24, 2.45) is 5.73 Å². The standard InChI is InChI=1S/C17H23N3O/c1-2-20(12-14-6-5-9-21-14)17-10-13(11-18)15-7-3-4-8-16(15)19-17/h3-4,7-8,10,14H,2,5-6,9,11-12,18H2,1H3. The smallest absolute Gasteiger partial charge is 0.129 e. The quantitative estimate of drug-likeness (QED) is 0.917. The van der Waals surface area contributed by atoms with Gasteiger partial charge in [0.15, 0.2) is 0 Å². The predicted octanol–water partition coefficient (Wildman–Crippen LogP) is 2.70. The molecule has 1 fully saturated rings. The summed E-state index contributed by atoms with van der Waals surface area (Å²) in [6, 6.07) is 10.3. The van der Waals surface area contributed by atoms with Gasteiger partial charge < -0.3 is 15.4 Å². The minimum absolute atomic E-state index is 0.333. The number of ether oxygens (including phenoxy) is 1. The Morgan fingerprint density at radius 2 is 2.24 bits per heavy atom. The van der Waals surface area contributed by atoms with Crippen LogP contribution in [0.1, 0.15) is 25.3 Å². The van der Waals surface area contributed by atoms with Gasteiger partial charge in [-0.15, -0.1) is 0 Å². The van der Waals surface area contributed by atoms with E-state index in [2.05, 4.69) is 30.0 Å². The molecule has 1 aliphatic rings. The van der Waals surface area contributed by atoms with Crippen molar-refractivity contribution >= 4 is 16.7 Å². The van der Waals surface area contributed by atoms with E-state index in [4.69, 9.17) is 15.5 Å². The summed E-state index contributed by atoms with van der Waals surface area (Å²) >= 11 is 0. The first-order valence-electron chi connectivity index (χ1n) is 7.77. The van der Waals surface area contributed by atoms with E-state index in [1.54, 1.807) is 0 Å². The summed E-state index contributed by atoms with van der Waals surface area (Å²) in [5.74, 6) is 1.01. The molecule has 0 radical (unpaired) electrons. The Kier molecular flexibility index (Phi) is 4.36. The maximum Gasteiger partial charge on any atom is 0.129 e. The SMILES string of the molecule is CCN(CC1CCCO1)c1cc(CN)c2ccccc2n1. The van der Waals surface area contributed by atoms with E-state index in [0.29, 0.717) is 12.6 Å². The van der Waals surface area contributed by atoms with Crippen LogP contribution in [0, 0.1) is 0 Å². The summed E-state index contributed by atoms with van der Waals surface area (Å²) in [6.45, 7) is 5.42. The van der Waals surface area contributed by atoms with Crippen LogP contribution in [-0.2, 0) is 11.3 Å². The molecule has 1 atom stereocenters. The lowest BCUT2D eigenvalue weighted by Crippen LogP contribution is -2.32. The number of nitrogens with two attached hydrogens (primary N) is 1. The van der Waals surface area contributed by atoms with Crippen molar-refractivity contribution in [3.8, 4) is 0 Å². The summed E-state index contributed by atoms with van der Waals surface area (Å²) in [6.07, 6.45) is 2.65. The van der Waals surface area contributed by atoms with Crippen LogP contribution < -0.4 is 10.6 Å². The van der Waals surface area contributed by atoms with Crippen molar-refractivity contribution in [3.05, 3.63) is 35.9 Å². The second kappa shape index (κ2) is 6.41. The molecule has 2 heterocycles. The molecule has 1 aromatic carbocycles. The Balaban J connectivity index is 1.93. The van der Waals surface area contributed by atoms with E-state index in [1.165, 1.54) is 6.42 Å². The van der Waals surface area contributed by atoms with E-state index < -0.39 is 0 Å². The molecule has 0 saturated carbocycles. The molecule has 3 rings (SSSR count). The van der Waals surface area contributed by atoms with E-state index in [9.17, 15) is 0 Å². The second-order valence-electron chi connectivity index (χ2n) is 5.53. The molecule has 0 bridgehead atoms. The monoisotopic (exact) mass is 285 g/mol. The highest BCUT2D eigenvalue weighted by Crippen LogP contribution is 2.24. The summed E-state index contributed by atoms with van der Waals surface area (Å²) in [4.78, 5) is 7.11. The molecule has 0 amide bonds. The molecule has 1 unspecified atom stereocenters. The number of fused-ring (bicyclic) bond motifs is 1. The van der Waals surface area contributed by atoms with Gasteiger partial charge in [-0.3, -0.25) is 0 Å². The van der Waals surface area contributed by atoms with Crippen LogP contribution in [-0.4, -0.2) is 30.8 Å². The lowest BCUT2D eigenvalue weighted by Gasteiger charge is -2.26. The van der Waals surface area contributed by atoms with Crippen molar-refractivity contribution in [1.29, 1.82) is 0 Å². The van der Waals surface area contributed by atoms with Crippen molar-refractivity contribution in [1.82, 2.24) is 4.98 Å². The summed E-state index contributed by atoms with van der Waals surface area (Å²) < 4.78 is 5.76. The van der Waals surface area contributed by atoms with Gasteiger partial charge in [-0.2, -0.15) is 0 Å². The van der Waals surface area contributed by atoms with Gasteiger partial charge >= 0.3 is 0 Å². The Hall–Kier alpha value is -1.65. The molecule has 0 spiro atoms. The molecule has 4 nitrogen and oxygen atoms in total.